The standard InChI is InChI=1S/C17H23BrO5S/c18-14-8-6-13(7-9-14)5-3-1-2-4-10-24-12-17(23,16(21)22)11-15(19)20/h6-9,23H,1-5,10-12H2,(H,19,20)(H,21,22)/t17-/m0/s1. The highest BCUT2D eigenvalue weighted by Gasteiger charge is 2.38. The fraction of sp³-hybridized carbons (Fsp3) is 0.529. The van der Waals surface area contributed by atoms with Crippen molar-refractivity contribution < 1.29 is 24.9 Å². The number of benzene rings is 1. The van der Waals surface area contributed by atoms with Crippen LogP contribution in [0.4, 0.5) is 0 Å². The summed E-state index contributed by atoms with van der Waals surface area (Å²) in [6.45, 7) is 0. The molecule has 1 rings (SSSR count). The van der Waals surface area contributed by atoms with Gasteiger partial charge in [-0.1, -0.05) is 40.9 Å². The molecule has 0 unspecified atom stereocenters. The van der Waals surface area contributed by atoms with Crippen LogP contribution in [0.1, 0.15) is 37.7 Å². The Bertz CT molecular complexity index is 534. The molecule has 5 nitrogen and oxygen atoms in total. The molecule has 0 aliphatic rings. The Balaban J connectivity index is 2.12. The van der Waals surface area contributed by atoms with E-state index in [4.69, 9.17) is 10.2 Å². The van der Waals surface area contributed by atoms with Gasteiger partial charge in [-0.25, -0.2) is 4.79 Å². The molecule has 0 amide bonds. The molecule has 0 saturated carbocycles. The average Bonchev–Trinajstić information content (AvgIpc) is 2.51. The maximum atomic E-state index is 11.0. The number of unbranched alkanes of at least 4 members (excludes halogenated alkanes) is 3. The van der Waals surface area contributed by atoms with Crippen LogP contribution in [0.3, 0.4) is 0 Å². The van der Waals surface area contributed by atoms with E-state index in [-0.39, 0.29) is 5.75 Å². The second-order valence-electron chi connectivity index (χ2n) is 5.75. The van der Waals surface area contributed by atoms with Crippen LogP contribution in [0.2, 0.25) is 0 Å². The van der Waals surface area contributed by atoms with Gasteiger partial charge in [0.2, 0.25) is 0 Å². The second-order valence-corrected chi connectivity index (χ2v) is 7.77. The Morgan fingerprint density at radius 1 is 1.04 bits per heavy atom. The summed E-state index contributed by atoms with van der Waals surface area (Å²) in [5, 5.41) is 27.5. The molecule has 1 aromatic rings. The van der Waals surface area contributed by atoms with Gasteiger partial charge in [0.05, 0.1) is 6.42 Å². The van der Waals surface area contributed by atoms with Gasteiger partial charge in [-0.2, -0.15) is 11.8 Å². The van der Waals surface area contributed by atoms with Gasteiger partial charge in [0.1, 0.15) is 0 Å². The van der Waals surface area contributed by atoms with Gasteiger partial charge in [-0.05, 0) is 42.7 Å². The molecule has 0 fully saturated rings. The molecule has 1 atom stereocenters. The summed E-state index contributed by atoms with van der Waals surface area (Å²) in [4.78, 5) is 21.6. The van der Waals surface area contributed by atoms with Crippen LogP contribution >= 0.6 is 27.7 Å². The molecule has 0 aliphatic carbocycles. The highest BCUT2D eigenvalue weighted by atomic mass is 79.9. The number of carbonyl (C=O) groups is 2. The second kappa shape index (κ2) is 10.7. The largest absolute Gasteiger partial charge is 0.481 e. The lowest BCUT2D eigenvalue weighted by atomic mass is 10.0. The maximum Gasteiger partial charge on any atom is 0.337 e. The van der Waals surface area contributed by atoms with Crippen molar-refractivity contribution in [1.82, 2.24) is 0 Å². The number of aliphatic carboxylic acids is 2. The van der Waals surface area contributed by atoms with E-state index in [0.717, 1.165) is 36.6 Å². The SMILES string of the molecule is O=C(O)C[C@](O)(CSCCCCCCc1ccc(Br)cc1)C(=O)O. The van der Waals surface area contributed by atoms with Crippen molar-refractivity contribution in [3.05, 3.63) is 34.3 Å². The van der Waals surface area contributed by atoms with Crippen molar-refractivity contribution in [3.63, 3.8) is 0 Å². The molecule has 0 saturated heterocycles. The molecule has 24 heavy (non-hydrogen) atoms. The Kier molecular flexibility index (Phi) is 9.39. The Morgan fingerprint density at radius 2 is 1.67 bits per heavy atom. The van der Waals surface area contributed by atoms with E-state index >= 15 is 0 Å². The zero-order valence-corrected chi connectivity index (χ0v) is 15.8. The number of hydrogen-bond acceptors (Lipinski definition) is 4. The lowest BCUT2D eigenvalue weighted by Gasteiger charge is -2.20. The summed E-state index contributed by atoms with van der Waals surface area (Å²) >= 11 is 4.70. The predicted molar refractivity (Wildman–Crippen MR) is 98.5 cm³/mol. The normalized spacial score (nSPS) is 13.4. The number of hydrogen-bond donors (Lipinski definition) is 3. The molecule has 0 heterocycles. The van der Waals surface area contributed by atoms with Crippen molar-refractivity contribution in [2.45, 2.75) is 44.1 Å². The van der Waals surface area contributed by atoms with E-state index in [1.54, 1.807) is 0 Å². The third kappa shape index (κ3) is 8.17. The lowest BCUT2D eigenvalue weighted by Crippen LogP contribution is -2.43. The van der Waals surface area contributed by atoms with Gasteiger partial charge in [-0.3, -0.25) is 4.79 Å². The highest BCUT2D eigenvalue weighted by molar-refractivity contribution is 9.10. The predicted octanol–water partition coefficient (Wildman–Crippen LogP) is 3.58. The summed E-state index contributed by atoms with van der Waals surface area (Å²) in [5.74, 6) is -2.18. The third-order valence-electron chi connectivity index (χ3n) is 3.60. The Labute approximate surface area is 154 Å². The van der Waals surface area contributed by atoms with Crippen LogP contribution < -0.4 is 0 Å². The molecule has 0 bridgehead atoms. The van der Waals surface area contributed by atoms with E-state index in [1.165, 1.54) is 17.3 Å². The maximum absolute atomic E-state index is 11.0. The van der Waals surface area contributed by atoms with E-state index in [2.05, 4.69) is 28.1 Å². The molecule has 7 heteroatoms. The van der Waals surface area contributed by atoms with Crippen molar-refractivity contribution >= 4 is 39.6 Å². The van der Waals surface area contributed by atoms with Crippen LogP contribution in [-0.4, -0.2) is 44.4 Å². The van der Waals surface area contributed by atoms with E-state index in [9.17, 15) is 14.7 Å². The van der Waals surface area contributed by atoms with Crippen molar-refractivity contribution in [2.24, 2.45) is 0 Å². The van der Waals surface area contributed by atoms with Gasteiger partial charge in [-0.15, -0.1) is 0 Å². The minimum Gasteiger partial charge on any atom is -0.481 e. The van der Waals surface area contributed by atoms with Gasteiger partial charge in [0.15, 0.2) is 5.60 Å². The van der Waals surface area contributed by atoms with Crippen molar-refractivity contribution in [3.8, 4) is 0 Å². The van der Waals surface area contributed by atoms with E-state index < -0.39 is 24.0 Å². The van der Waals surface area contributed by atoms with Crippen LogP contribution in [0.25, 0.3) is 0 Å². The fourth-order valence-electron chi connectivity index (χ4n) is 2.22. The van der Waals surface area contributed by atoms with Crippen LogP contribution in [0.5, 0.6) is 0 Å². The summed E-state index contributed by atoms with van der Waals surface area (Å²) in [6, 6.07) is 8.28. The Morgan fingerprint density at radius 3 is 2.25 bits per heavy atom. The first-order valence-corrected chi connectivity index (χ1v) is 9.78. The number of carboxylic acid groups (broad SMARTS) is 2. The lowest BCUT2D eigenvalue weighted by molar-refractivity contribution is -0.162. The van der Waals surface area contributed by atoms with Gasteiger partial charge in [0, 0.05) is 10.2 Å². The first-order chi connectivity index (χ1) is 11.3. The molecule has 0 radical (unpaired) electrons. The molecular weight excluding hydrogens is 396 g/mol. The quantitative estimate of drug-likeness (QED) is 0.449. The first kappa shape index (κ1) is 21.0. The molecule has 3 N–H and O–H groups in total. The number of carboxylic acids is 2. The molecule has 134 valence electrons. The first-order valence-electron chi connectivity index (χ1n) is 7.83. The average molecular weight is 419 g/mol. The van der Waals surface area contributed by atoms with Crippen LogP contribution in [0, 0.1) is 0 Å². The summed E-state index contributed by atoms with van der Waals surface area (Å²) < 4.78 is 1.08. The van der Waals surface area contributed by atoms with Gasteiger partial charge < -0.3 is 15.3 Å². The molecule has 0 spiro atoms. The van der Waals surface area contributed by atoms with E-state index in [0.29, 0.717) is 5.75 Å². The molecule has 0 aliphatic heterocycles. The van der Waals surface area contributed by atoms with Crippen molar-refractivity contribution in [2.75, 3.05) is 11.5 Å². The van der Waals surface area contributed by atoms with Gasteiger partial charge >= 0.3 is 11.9 Å². The minimum absolute atomic E-state index is 0.104. The number of rotatable bonds is 12. The Hall–Kier alpha value is -1.05. The zero-order chi connectivity index (χ0) is 18.0. The van der Waals surface area contributed by atoms with E-state index in [1.807, 2.05) is 12.1 Å². The molecular formula is C17H23BrO5S. The fourth-order valence-corrected chi connectivity index (χ4v) is 3.60. The summed E-state index contributed by atoms with van der Waals surface area (Å²) in [7, 11) is 0. The van der Waals surface area contributed by atoms with Crippen LogP contribution in [-0.2, 0) is 16.0 Å². The number of thioether (sulfide) groups is 1. The summed E-state index contributed by atoms with van der Waals surface area (Å²) in [5.41, 5.74) is -0.870. The smallest absolute Gasteiger partial charge is 0.337 e. The van der Waals surface area contributed by atoms with Gasteiger partial charge in [0.25, 0.3) is 0 Å². The number of aliphatic hydroxyl groups is 1. The van der Waals surface area contributed by atoms with Crippen LogP contribution in [0.15, 0.2) is 28.7 Å². The monoisotopic (exact) mass is 418 g/mol. The highest BCUT2D eigenvalue weighted by Crippen LogP contribution is 2.20. The third-order valence-corrected chi connectivity index (χ3v) is 5.39. The minimum atomic E-state index is -2.18. The topological polar surface area (TPSA) is 94.8 Å². The molecule has 1 aromatic carbocycles. The zero-order valence-electron chi connectivity index (χ0n) is 13.4. The summed E-state index contributed by atoms with van der Waals surface area (Å²) in [6.07, 6.45) is 4.42. The number of aryl methyl sites for hydroxylation is 1. The number of halogens is 1. The van der Waals surface area contributed by atoms with Crippen molar-refractivity contribution in [1.29, 1.82) is 0 Å². The molecule has 0 aromatic heterocycles.